The lowest BCUT2D eigenvalue weighted by Crippen LogP contribution is -2.28. The standard InChI is InChI=1S/C7H11N5S/c1-5(3-4-8)12(2)7-10-6(9)11-13-7/h5H,3H2,1-2H3,(H2,9,11). The summed E-state index contributed by atoms with van der Waals surface area (Å²) in [5.74, 6) is 0.288. The Morgan fingerprint density at radius 1 is 1.77 bits per heavy atom. The molecule has 0 aliphatic rings. The summed E-state index contributed by atoms with van der Waals surface area (Å²) in [7, 11) is 1.88. The first-order chi connectivity index (χ1) is 6.15. The SMILES string of the molecule is CC(CC#N)N(C)c1nc(N)ns1. The van der Waals surface area contributed by atoms with E-state index in [2.05, 4.69) is 15.4 Å². The summed E-state index contributed by atoms with van der Waals surface area (Å²) >= 11 is 1.24. The lowest BCUT2D eigenvalue weighted by Gasteiger charge is -2.20. The van der Waals surface area contributed by atoms with Crippen molar-refractivity contribution >= 4 is 22.6 Å². The highest BCUT2D eigenvalue weighted by molar-refractivity contribution is 7.09. The molecule has 6 heteroatoms. The van der Waals surface area contributed by atoms with E-state index in [0.717, 1.165) is 5.13 Å². The Morgan fingerprint density at radius 2 is 2.46 bits per heavy atom. The van der Waals surface area contributed by atoms with E-state index in [1.807, 2.05) is 18.9 Å². The van der Waals surface area contributed by atoms with Gasteiger partial charge in [0.1, 0.15) is 0 Å². The number of hydrogen-bond acceptors (Lipinski definition) is 6. The molecule has 1 aromatic heterocycles. The summed E-state index contributed by atoms with van der Waals surface area (Å²) in [6.45, 7) is 1.96. The van der Waals surface area contributed by atoms with E-state index in [9.17, 15) is 0 Å². The maximum absolute atomic E-state index is 8.50. The average molecular weight is 197 g/mol. The molecule has 1 rings (SSSR count). The number of rotatable bonds is 3. The van der Waals surface area contributed by atoms with Crippen molar-refractivity contribution in [3.63, 3.8) is 0 Å². The predicted octanol–water partition coefficient (Wildman–Crippen LogP) is 0.859. The fraction of sp³-hybridized carbons (Fsp3) is 0.571. The van der Waals surface area contributed by atoms with Gasteiger partial charge < -0.3 is 10.6 Å². The van der Waals surface area contributed by atoms with Crippen LogP contribution in [-0.2, 0) is 0 Å². The number of aromatic nitrogens is 2. The third-order valence-electron chi connectivity index (χ3n) is 1.78. The monoisotopic (exact) mass is 197 g/mol. The number of hydrogen-bond donors (Lipinski definition) is 1. The molecule has 1 atom stereocenters. The molecule has 13 heavy (non-hydrogen) atoms. The highest BCUT2D eigenvalue weighted by Crippen LogP contribution is 2.19. The number of anilines is 2. The first kappa shape index (κ1) is 9.74. The van der Waals surface area contributed by atoms with Crippen LogP contribution in [0.25, 0.3) is 0 Å². The molecule has 0 bridgehead atoms. The van der Waals surface area contributed by atoms with Gasteiger partial charge in [0.15, 0.2) is 0 Å². The van der Waals surface area contributed by atoms with Gasteiger partial charge in [0.25, 0.3) is 0 Å². The van der Waals surface area contributed by atoms with Crippen molar-refractivity contribution in [3.05, 3.63) is 0 Å². The van der Waals surface area contributed by atoms with Gasteiger partial charge in [-0.1, -0.05) is 0 Å². The first-order valence-corrected chi connectivity index (χ1v) is 4.61. The minimum Gasteiger partial charge on any atom is -0.367 e. The Bertz CT molecular complexity index is 315. The molecular weight excluding hydrogens is 186 g/mol. The van der Waals surface area contributed by atoms with Gasteiger partial charge in [0, 0.05) is 24.6 Å². The van der Waals surface area contributed by atoms with Crippen LogP contribution in [0, 0.1) is 11.3 Å². The van der Waals surface area contributed by atoms with Crippen molar-refractivity contribution in [1.29, 1.82) is 5.26 Å². The van der Waals surface area contributed by atoms with Crippen molar-refractivity contribution in [2.45, 2.75) is 19.4 Å². The molecule has 5 nitrogen and oxygen atoms in total. The molecule has 0 amide bonds. The molecule has 70 valence electrons. The summed E-state index contributed by atoms with van der Waals surface area (Å²) < 4.78 is 3.86. The summed E-state index contributed by atoms with van der Waals surface area (Å²) in [5.41, 5.74) is 5.39. The number of nitrogen functional groups attached to an aromatic ring is 1. The fourth-order valence-corrected chi connectivity index (χ4v) is 1.49. The molecule has 0 aromatic carbocycles. The highest BCUT2D eigenvalue weighted by atomic mass is 32.1. The largest absolute Gasteiger partial charge is 0.367 e. The van der Waals surface area contributed by atoms with Crippen molar-refractivity contribution in [2.75, 3.05) is 17.7 Å². The minimum atomic E-state index is 0.136. The highest BCUT2D eigenvalue weighted by Gasteiger charge is 2.13. The van der Waals surface area contributed by atoms with Crippen LogP contribution in [0.4, 0.5) is 11.1 Å². The van der Waals surface area contributed by atoms with Gasteiger partial charge in [-0.25, -0.2) is 0 Å². The zero-order valence-corrected chi connectivity index (χ0v) is 8.38. The van der Waals surface area contributed by atoms with Crippen LogP contribution in [0.15, 0.2) is 0 Å². The zero-order valence-electron chi connectivity index (χ0n) is 7.56. The van der Waals surface area contributed by atoms with Gasteiger partial charge in [0.2, 0.25) is 11.1 Å². The third-order valence-corrected chi connectivity index (χ3v) is 2.60. The summed E-state index contributed by atoms with van der Waals surface area (Å²) in [6, 6.07) is 2.24. The van der Waals surface area contributed by atoms with E-state index in [4.69, 9.17) is 11.0 Å². The van der Waals surface area contributed by atoms with E-state index in [0.29, 0.717) is 6.42 Å². The fourth-order valence-electron chi connectivity index (χ4n) is 0.827. The quantitative estimate of drug-likeness (QED) is 0.777. The molecular formula is C7H11N5S. The Balaban J connectivity index is 2.68. The molecule has 1 unspecified atom stereocenters. The normalized spacial score (nSPS) is 12.1. The zero-order chi connectivity index (χ0) is 9.84. The Labute approximate surface area is 81.0 Å². The first-order valence-electron chi connectivity index (χ1n) is 3.84. The second-order valence-corrected chi connectivity index (χ2v) is 3.49. The van der Waals surface area contributed by atoms with E-state index >= 15 is 0 Å². The van der Waals surface area contributed by atoms with Gasteiger partial charge in [0.05, 0.1) is 12.5 Å². The maximum atomic E-state index is 8.50. The molecule has 0 saturated carbocycles. The van der Waals surface area contributed by atoms with Crippen LogP contribution in [-0.4, -0.2) is 22.4 Å². The van der Waals surface area contributed by atoms with E-state index < -0.39 is 0 Å². The second-order valence-electron chi connectivity index (χ2n) is 2.76. The molecule has 2 N–H and O–H groups in total. The smallest absolute Gasteiger partial charge is 0.233 e. The van der Waals surface area contributed by atoms with Crippen LogP contribution in [0.5, 0.6) is 0 Å². The lowest BCUT2D eigenvalue weighted by atomic mass is 10.2. The third kappa shape index (κ3) is 2.29. The van der Waals surface area contributed by atoms with Crippen molar-refractivity contribution < 1.29 is 0 Å². The number of nitrogens with zero attached hydrogens (tertiary/aromatic N) is 4. The predicted molar refractivity (Wildman–Crippen MR) is 52.4 cm³/mol. The minimum absolute atomic E-state index is 0.136. The van der Waals surface area contributed by atoms with Gasteiger partial charge in [-0.15, -0.1) is 0 Å². The molecule has 1 heterocycles. The summed E-state index contributed by atoms with van der Waals surface area (Å²) in [4.78, 5) is 5.92. The summed E-state index contributed by atoms with van der Waals surface area (Å²) in [5, 5.41) is 9.25. The van der Waals surface area contributed by atoms with Crippen LogP contribution < -0.4 is 10.6 Å². The molecule has 0 saturated heterocycles. The van der Waals surface area contributed by atoms with Crippen molar-refractivity contribution in [1.82, 2.24) is 9.36 Å². The number of nitrogens with two attached hydrogens (primary N) is 1. The Morgan fingerprint density at radius 3 is 2.92 bits per heavy atom. The second kappa shape index (κ2) is 4.05. The lowest BCUT2D eigenvalue weighted by molar-refractivity contribution is 0.701. The van der Waals surface area contributed by atoms with Gasteiger partial charge in [-0.3, -0.25) is 0 Å². The van der Waals surface area contributed by atoms with E-state index in [-0.39, 0.29) is 12.0 Å². The van der Waals surface area contributed by atoms with Gasteiger partial charge in [-0.2, -0.15) is 14.6 Å². The van der Waals surface area contributed by atoms with Crippen LogP contribution >= 0.6 is 11.5 Å². The van der Waals surface area contributed by atoms with Gasteiger partial charge in [-0.05, 0) is 6.92 Å². The Hall–Kier alpha value is -1.35. The van der Waals surface area contributed by atoms with Crippen LogP contribution in [0.3, 0.4) is 0 Å². The molecule has 0 radical (unpaired) electrons. The Kier molecular flexibility index (Phi) is 3.03. The molecule has 0 aliphatic heterocycles. The van der Waals surface area contributed by atoms with E-state index in [1.165, 1.54) is 11.5 Å². The topological polar surface area (TPSA) is 78.8 Å². The number of nitriles is 1. The summed E-state index contributed by atoms with van der Waals surface area (Å²) in [6.07, 6.45) is 0.468. The van der Waals surface area contributed by atoms with Gasteiger partial charge >= 0.3 is 0 Å². The van der Waals surface area contributed by atoms with Crippen LogP contribution in [0.2, 0.25) is 0 Å². The van der Waals surface area contributed by atoms with Crippen molar-refractivity contribution in [2.24, 2.45) is 0 Å². The van der Waals surface area contributed by atoms with Crippen LogP contribution in [0.1, 0.15) is 13.3 Å². The molecule has 0 aliphatic carbocycles. The maximum Gasteiger partial charge on any atom is 0.233 e. The van der Waals surface area contributed by atoms with E-state index in [1.54, 1.807) is 0 Å². The molecule has 1 aromatic rings. The molecule has 0 fully saturated rings. The average Bonchev–Trinajstić information content (AvgIpc) is 2.51. The van der Waals surface area contributed by atoms with Crippen molar-refractivity contribution in [3.8, 4) is 6.07 Å². The molecule has 0 spiro atoms.